The molecule has 0 saturated heterocycles. The van der Waals surface area contributed by atoms with Gasteiger partial charge in [-0.1, -0.05) is 0 Å². The lowest BCUT2D eigenvalue weighted by atomic mass is 10.2. The van der Waals surface area contributed by atoms with Gasteiger partial charge in [0.1, 0.15) is 23.3 Å². The van der Waals surface area contributed by atoms with E-state index in [0.717, 1.165) is 24.3 Å². The van der Waals surface area contributed by atoms with Gasteiger partial charge in [0.05, 0.1) is 5.69 Å². The van der Waals surface area contributed by atoms with E-state index in [4.69, 9.17) is 0 Å². The molecular formula is C12H7F4N. The van der Waals surface area contributed by atoms with E-state index in [0.29, 0.717) is 12.1 Å². The van der Waals surface area contributed by atoms with Crippen LogP contribution in [0.4, 0.5) is 28.9 Å². The van der Waals surface area contributed by atoms with E-state index in [9.17, 15) is 17.6 Å². The van der Waals surface area contributed by atoms with Gasteiger partial charge < -0.3 is 5.32 Å². The molecule has 0 aromatic heterocycles. The molecule has 0 radical (unpaired) electrons. The molecule has 0 fully saturated rings. The van der Waals surface area contributed by atoms with Crippen LogP contribution in [-0.2, 0) is 0 Å². The maximum absolute atomic E-state index is 13.2. The summed E-state index contributed by atoms with van der Waals surface area (Å²) in [4.78, 5) is 0. The first-order valence-corrected chi connectivity index (χ1v) is 4.73. The molecule has 0 spiro atoms. The second-order valence-electron chi connectivity index (χ2n) is 3.41. The molecule has 1 N–H and O–H groups in total. The van der Waals surface area contributed by atoms with Crippen molar-refractivity contribution in [2.24, 2.45) is 0 Å². The Labute approximate surface area is 94.7 Å². The third-order valence-electron chi connectivity index (χ3n) is 2.07. The summed E-state index contributed by atoms with van der Waals surface area (Å²) in [6.45, 7) is 0. The number of benzene rings is 2. The summed E-state index contributed by atoms with van der Waals surface area (Å²) >= 11 is 0. The molecule has 2 rings (SSSR count). The fourth-order valence-electron chi connectivity index (χ4n) is 1.37. The summed E-state index contributed by atoms with van der Waals surface area (Å²) in [5.74, 6) is -3.13. The lowest BCUT2D eigenvalue weighted by Gasteiger charge is -2.07. The van der Waals surface area contributed by atoms with Crippen LogP contribution < -0.4 is 5.32 Å². The zero-order valence-electron chi connectivity index (χ0n) is 8.48. The highest BCUT2D eigenvalue weighted by atomic mass is 19.1. The van der Waals surface area contributed by atoms with E-state index in [-0.39, 0.29) is 11.4 Å². The Morgan fingerprint density at radius 2 is 1.35 bits per heavy atom. The van der Waals surface area contributed by atoms with E-state index in [1.165, 1.54) is 0 Å². The first-order chi connectivity index (χ1) is 8.04. The maximum atomic E-state index is 13.2. The van der Waals surface area contributed by atoms with Gasteiger partial charge in [0, 0.05) is 17.8 Å². The van der Waals surface area contributed by atoms with Gasteiger partial charge >= 0.3 is 0 Å². The second kappa shape index (κ2) is 4.45. The zero-order chi connectivity index (χ0) is 12.4. The van der Waals surface area contributed by atoms with Crippen LogP contribution in [0.5, 0.6) is 0 Å². The van der Waals surface area contributed by atoms with Gasteiger partial charge in [-0.25, -0.2) is 17.6 Å². The highest BCUT2D eigenvalue weighted by molar-refractivity contribution is 5.60. The van der Waals surface area contributed by atoms with Crippen LogP contribution in [0.2, 0.25) is 0 Å². The molecule has 2 aromatic rings. The van der Waals surface area contributed by atoms with Crippen LogP contribution in [0.1, 0.15) is 0 Å². The van der Waals surface area contributed by atoms with Crippen LogP contribution in [0, 0.1) is 23.3 Å². The molecule has 2 aromatic carbocycles. The summed E-state index contributed by atoms with van der Waals surface area (Å²) < 4.78 is 51.6. The van der Waals surface area contributed by atoms with E-state index >= 15 is 0 Å². The molecule has 0 atom stereocenters. The standard InChI is InChI=1S/C12H7F4N/c13-7-1-2-12(11(16)6-7)17-10-4-8(14)3-9(15)5-10/h1-6,17H. The molecule has 0 aliphatic rings. The number of rotatable bonds is 2. The van der Waals surface area contributed by atoms with Crippen molar-refractivity contribution >= 4 is 11.4 Å². The Morgan fingerprint density at radius 1 is 0.706 bits per heavy atom. The largest absolute Gasteiger partial charge is 0.353 e. The van der Waals surface area contributed by atoms with Gasteiger partial charge in [0.25, 0.3) is 0 Å². The fourth-order valence-corrected chi connectivity index (χ4v) is 1.37. The molecule has 0 amide bonds. The van der Waals surface area contributed by atoms with Crippen molar-refractivity contribution in [2.45, 2.75) is 0 Å². The Kier molecular flexibility index (Phi) is 2.99. The molecule has 0 heterocycles. The van der Waals surface area contributed by atoms with Crippen LogP contribution in [0.15, 0.2) is 36.4 Å². The molecule has 17 heavy (non-hydrogen) atoms. The lowest BCUT2D eigenvalue weighted by Crippen LogP contribution is -1.95. The third kappa shape index (κ3) is 2.75. The average Bonchev–Trinajstić information content (AvgIpc) is 2.21. The molecule has 0 saturated carbocycles. The van der Waals surface area contributed by atoms with Gasteiger partial charge in [-0.05, 0) is 24.3 Å². The SMILES string of the molecule is Fc1cc(F)cc(Nc2ccc(F)cc2F)c1. The van der Waals surface area contributed by atoms with Gasteiger partial charge in [-0.2, -0.15) is 0 Å². The quantitative estimate of drug-likeness (QED) is 0.784. The Hall–Kier alpha value is -2.04. The van der Waals surface area contributed by atoms with Crippen molar-refractivity contribution in [2.75, 3.05) is 5.32 Å². The smallest absolute Gasteiger partial charge is 0.149 e. The third-order valence-corrected chi connectivity index (χ3v) is 2.07. The van der Waals surface area contributed by atoms with E-state index in [1.54, 1.807) is 0 Å². The van der Waals surface area contributed by atoms with Crippen molar-refractivity contribution < 1.29 is 17.6 Å². The topological polar surface area (TPSA) is 12.0 Å². The van der Waals surface area contributed by atoms with Crippen molar-refractivity contribution in [3.8, 4) is 0 Å². The molecule has 0 aliphatic carbocycles. The average molecular weight is 241 g/mol. The van der Waals surface area contributed by atoms with Crippen LogP contribution in [-0.4, -0.2) is 0 Å². The normalized spacial score (nSPS) is 10.4. The monoisotopic (exact) mass is 241 g/mol. The summed E-state index contributed by atoms with van der Waals surface area (Å²) in [6.07, 6.45) is 0. The molecular weight excluding hydrogens is 234 g/mol. The molecule has 0 bridgehead atoms. The maximum Gasteiger partial charge on any atom is 0.149 e. The van der Waals surface area contributed by atoms with Crippen molar-refractivity contribution in [1.82, 2.24) is 0 Å². The number of halogens is 4. The number of anilines is 2. The van der Waals surface area contributed by atoms with Gasteiger partial charge in [-0.15, -0.1) is 0 Å². The highest BCUT2D eigenvalue weighted by Gasteiger charge is 2.06. The van der Waals surface area contributed by atoms with Crippen LogP contribution >= 0.6 is 0 Å². The first-order valence-electron chi connectivity index (χ1n) is 4.73. The molecule has 0 aliphatic heterocycles. The Bertz CT molecular complexity index is 534. The van der Waals surface area contributed by atoms with Gasteiger partial charge in [0.15, 0.2) is 0 Å². The minimum absolute atomic E-state index is 0.0491. The van der Waals surface area contributed by atoms with Gasteiger partial charge in [-0.3, -0.25) is 0 Å². The predicted molar refractivity (Wildman–Crippen MR) is 56.0 cm³/mol. The zero-order valence-corrected chi connectivity index (χ0v) is 8.48. The fraction of sp³-hybridized carbons (Fsp3) is 0. The van der Waals surface area contributed by atoms with Crippen molar-refractivity contribution in [3.63, 3.8) is 0 Å². The number of nitrogens with one attached hydrogen (secondary N) is 1. The molecule has 0 unspecified atom stereocenters. The number of hydrogen-bond donors (Lipinski definition) is 1. The highest BCUT2D eigenvalue weighted by Crippen LogP contribution is 2.22. The lowest BCUT2D eigenvalue weighted by molar-refractivity contribution is 0.582. The minimum Gasteiger partial charge on any atom is -0.353 e. The van der Waals surface area contributed by atoms with E-state index in [2.05, 4.69) is 5.32 Å². The summed E-state index contributed by atoms with van der Waals surface area (Å²) in [7, 11) is 0. The van der Waals surface area contributed by atoms with Gasteiger partial charge in [0.2, 0.25) is 0 Å². The van der Waals surface area contributed by atoms with Crippen LogP contribution in [0.25, 0.3) is 0 Å². The summed E-state index contributed by atoms with van der Waals surface area (Å²) in [5, 5.41) is 2.46. The van der Waals surface area contributed by atoms with Crippen molar-refractivity contribution in [1.29, 1.82) is 0 Å². The molecule has 1 nitrogen and oxygen atoms in total. The predicted octanol–water partition coefficient (Wildman–Crippen LogP) is 3.99. The first kappa shape index (κ1) is 11.4. The summed E-state index contributed by atoms with van der Waals surface area (Å²) in [6, 6.07) is 5.58. The Balaban J connectivity index is 2.31. The molecule has 5 heteroatoms. The second-order valence-corrected chi connectivity index (χ2v) is 3.41. The number of hydrogen-bond acceptors (Lipinski definition) is 1. The Morgan fingerprint density at radius 3 is 1.94 bits per heavy atom. The summed E-state index contributed by atoms with van der Waals surface area (Å²) in [5.41, 5.74) is -0.00981. The molecule has 88 valence electrons. The van der Waals surface area contributed by atoms with Crippen molar-refractivity contribution in [3.05, 3.63) is 59.7 Å². The van der Waals surface area contributed by atoms with Crippen LogP contribution in [0.3, 0.4) is 0 Å². The van der Waals surface area contributed by atoms with E-state index < -0.39 is 23.3 Å². The van der Waals surface area contributed by atoms with E-state index in [1.807, 2.05) is 0 Å². The minimum atomic E-state index is -0.838.